The molecule has 2 heterocycles. The zero-order valence-corrected chi connectivity index (χ0v) is 15.6. The summed E-state index contributed by atoms with van der Waals surface area (Å²) in [6, 6.07) is 23.6. The highest BCUT2D eigenvalue weighted by Crippen LogP contribution is 2.49. The van der Waals surface area contributed by atoms with E-state index in [0.717, 1.165) is 30.3 Å². The van der Waals surface area contributed by atoms with E-state index in [0.29, 0.717) is 0 Å². The van der Waals surface area contributed by atoms with Crippen LogP contribution in [0.4, 0.5) is 11.4 Å². The molecule has 0 radical (unpaired) electrons. The van der Waals surface area contributed by atoms with E-state index in [9.17, 15) is 0 Å². The fourth-order valence-corrected chi connectivity index (χ4v) is 4.41. The summed E-state index contributed by atoms with van der Waals surface area (Å²) < 4.78 is 10.9. The van der Waals surface area contributed by atoms with Crippen LogP contribution in [0.3, 0.4) is 0 Å². The Bertz CT molecular complexity index is 1000. The lowest BCUT2D eigenvalue weighted by Crippen LogP contribution is -2.33. The smallest absolute Gasteiger partial charge is 0.162 e. The van der Waals surface area contributed by atoms with Gasteiger partial charge in [-0.2, -0.15) is 0 Å². The van der Waals surface area contributed by atoms with Crippen LogP contribution in [-0.2, 0) is 0 Å². The maximum absolute atomic E-state index is 5.53. The minimum Gasteiger partial charge on any atom is -0.493 e. The van der Waals surface area contributed by atoms with E-state index in [1.54, 1.807) is 14.2 Å². The number of benzene rings is 3. The van der Waals surface area contributed by atoms with Crippen LogP contribution in [0.2, 0.25) is 0 Å². The molecule has 0 aromatic heterocycles. The van der Waals surface area contributed by atoms with Gasteiger partial charge in [-0.15, -0.1) is 0 Å². The molecule has 0 amide bonds. The topological polar surface area (TPSA) is 24.9 Å². The SMILES string of the molecule is COc1ccc(N2CCN3c4ccccc4-c4ccccc4C23)cc1OC. The van der Waals surface area contributed by atoms with Gasteiger partial charge in [-0.05, 0) is 23.8 Å². The minimum atomic E-state index is 0.189. The first-order chi connectivity index (χ1) is 13.3. The summed E-state index contributed by atoms with van der Waals surface area (Å²) in [4.78, 5) is 4.96. The standard InChI is InChI=1S/C23H22N2O2/c1-26-21-12-11-16(15-22(21)27-2)24-13-14-25-20-10-6-5-8-18(20)17-7-3-4-9-19(17)23(24)25/h3-12,15,23H,13-14H2,1-2H3. The third-order valence-electron chi connectivity index (χ3n) is 5.61. The molecule has 136 valence electrons. The fourth-order valence-electron chi connectivity index (χ4n) is 4.41. The van der Waals surface area contributed by atoms with Crippen LogP contribution in [0.5, 0.6) is 11.5 Å². The largest absolute Gasteiger partial charge is 0.493 e. The molecule has 0 spiro atoms. The molecule has 3 aromatic rings. The van der Waals surface area contributed by atoms with Gasteiger partial charge in [0.05, 0.1) is 14.2 Å². The highest BCUT2D eigenvalue weighted by Gasteiger charge is 2.39. The molecular formula is C23H22N2O2. The Balaban J connectivity index is 1.64. The molecular weight excluding hydrogens is 336 g/mol. The predicted molar refractivity (Wildman–Crippen MR) is 109 cm³/mol. The maximum Gasteiger partial charge on any atom is 0.162 e. The second-order valence-electron chi connectivity index (χ2n) is 6.90. The van der Waals surface area contributed by atoms with Crippen molar-refractivity contribution in [3.63, 3.8) is 0 Å². The maximum atomic E-state index is 5.53. The molecule has 3 aromatic carbocycles. The Kier molecular flexibility index (Phi) is 3.71. The molecule has 1 unspecified atom stereocenters. The molecule has 4 heteroatoms. The van der Waals surface area contributed by atoms with E-state index in [4.69, 9.17) is 9.47 Å². The van der Waals surface area contributed by atoms with Crippen molar-refractivity contribution in [2.75, 3.05) is 37.1 Å². The molecule has 1 saturated heterocycles. The summed E-state index contributed by atoms with van der Waals surface area (Å²) >= 11 is 0. The molecule has 2 aliphatic heterocycles. The average molecular weight is 358 g/mol. The van der Waals surface area contributed by atoms with Crippen molar-refractivity contribution >= 4 is 11.4 Å². The lowest BCUT2D eigenvalue weighted by atomic mass is 9.91. The summed E-state index contributed by atoms with van der Waals surface area (Å²) in [7, 11) is 3.35. The number of ether oxygens (including phenoxy) is 2. The molecule has 0 saturated carbocycles. The van der Waals surface area contributed by atoms with Gasteiger partial charge < -0.3 is 19.3 Å². The van der Waals surface area contributed by atoms with Crippen LogP contribution >= 0.6 is 0 Å². The normalized spacial score (nSPS) is 17.2. The Morgan fingerprint density at radius 3 is 2.26 bits per heavy atom. The third kappa shape index (κ3) is 2.36. The second kappa shape index (κ2) is 6.23. The van der Waals surface area contributed by atoms with Gasteiger partial charge in [0.25, 0.3) is 0 Å². The molecule has 0 aliphatic carbocycles. The zero-order chi connectivity index (χ0) is 18.4. The Morgan fingerprint density at radius 1 is 0.741 bits per heavy atom. The van der Waals surface area contributed by atoms with Gasteiger partial charge in [-0.25, -0.2) is 0 Å². The van der Waals surface area contributed by atoms with E-state index in [-0.39, 0.29) is 6.17 Å². The van der Waals surface area contributed by atoms with Crippen LogP contribution in [0.15, 0.2) is 66.7 Å². The molecule has 2 aliphatic rings. The van der Waals surface area contributed by atoms with Crippen molar-refractivity contribution in [1.29, 1.82) is 0 Å². The number of nitrogens with zero attached hydrogens (tertiary/aromatic N) is 2. The summed E-state index contributed by atoms with van der Waals surface area (Å²) in [6.07, 6.45) is 0.189. The van der Waals surface area contributed by atoms with Crippen LogP contribution in [0.25, 0.3) is 11.1 Å². The first kappa shape index (κ1) is 16.1. The highest BCUT2D eigenvalue weighted by molar-refractivity contribution is 5.86. The first-order valence-corrected chi connectivity index (χ1v) is 9.25. The third-order valence-corrected chi connectivity index (χ3v) is 5.61. The summed E-state index contributed by atoms with van der Waals surface area (Å²) in [5, 5.41) is 0. The Morgan fingerprint density at radius 2 is 1.44 bits per heavy atom. The van der Waals surface area contributed by atoms with Gasteiger partial charge in [-0.3, -0.25) is 0 Å². The van der Waals surface area contributed by atoms with Crippen molar-refractivity contribution in [2.24, 2.45) is 0 Å². The van der Waals surface area contributed by atoms with Crippen molar-refractivity contribution in [3.05, 3.63) is 72.3 Å². The number of hydrogen-bond acceptors (Lipinski definition) is 4. The van der Waals surface area contributed by atoms with Gasteiger partial charge in [0.1, 0.15) is 6.17 Å². The number of fused-ring (bicyclic) bond motifs is 6. The molecule has 1 fully saturated rings. The molecule has 5 rings (SSSR count). The van der Waals surface area contributed by atoms with E-state index in [2.05, 4.69) is 70.5 Å². The highest BCUT2D eigenvalue weighted by atomic mass is 16.5. The summed E-state index contributed by atoms with van der Waals surface area (Å²) in [6.45, 7) is 1.95. The van der Waals surface area contributed by atoms with Gasteiger partial charge in [0.2, 0.25) is 0 Å². The van der Waals surface area contributed by atoms with Crippen molar-refractivity contribution < 1.29 is 9.47 Å². The molecule has 4 nitrogen and oxygen atoms in total. The lowest BCUT2D eigenvalue weighted by molar-refractivity contribution is 0.355. The van der Waals surface area contributed by atoms with E-state index in [1.807, 2.05) is 6.07 Å². The number of anilines is 2. The van der Waals surface area contributed by atoms with E-state index < -0.39 is 0 Å². The Labute approximate surface area is 159 Å². The quantitative estimate of drug-likeness (QED) is 0.677. The van der Waals surface area contributed by atoms with Crippen LogP contribution in [-0.4, -0.2) is 27.3 Å². The minimum absolute atomic E-state index is 0.189. The number of hydrogen-bond donors (Lipinski definition) is 0. The van der Waals surface area contributed by atoms with Gasteiger partial charge >= 0.3 is 0 Å². The van der Waals surface area contributed by atoms with Gasteiger partial charge in [-0.1, -0.05) is 42.5 Å². The lowest BCUT2D eigenvalue weighted by Gasteiger charge is -2.39. The van der Waals surface area contributed by atoms with Gasteiger partial charge in [0.15, 0.2) is 11.5 Å². The predicted octanol–water partition coefficient (Wildman–Crippen LogP) is 4.71. The molecule has 0 bridgehead atoms. The number of para-hydroxylation sites is 1. The summed E-state index contributed by atoms with van der Waals surface area (Å²) in [5.74, 6) is 1.52. The van der Waals surface area contributed by atoms with Crippen LogP contribution < -0.4 is 19.3 Å². The van der Waals surface area contributed by atoms with E-state index in [1.165, 1.54) is 22.4 Å². The van der Waals surface area contributed by atoms with E-state index >= 15 is 0 Å². The molecule has 0 N–H and O–H groups in total. The van der Waals surface area contributed by atoms with Crippen molar-refractivity contribution in [3.8, 4) is 22.6 Å². The second-order valence-corrected chi connectivity index (χ2v) is 6.90. The van der Waals surface area contributed by atoms with Crippen molar-refractivity contribution in [1.82, 2.24) is 0 Å². The first-order valence-electron chi connectivity index (χ1n) is 9.25. The van der Waals surface area contributed by atoms with Crippen LogP contribution in [0, 0.1) is 0 Å². The zero-order valence-electron chi connectivity index (χ0n) is 15.6. The number of rotatable bonds is 3. The number of methoxy groups -OCH3 is 2. The van der Waals surface area contributed by atoms with Crippen LogP contribution in [0.1, 0.15) is 11.7 Å². The molecule has 27 heavy (non-hydrogen) atoms. The monoisotopic (exact) mass is 358 g/mol. The fraction of sp³-hybridized carbons (Fsp3) is 0.217. The van der Waals surface area contributed by atoms with Gasteiger partial charge in [0, 0.05) is 41.7 Å². The van der Waals surface area contributed by atoms with Crippen molar-refractivity contribution in [2.45, 2.75) is 6.17 Å². The summed E-state index contributed by atoms with van der Waals surface area (Å²) in [5.41, 5.74) is 6.45. The Hall–Kier alpha value is -3.14. The molecule has 1 atom stereocenters. The average Bonchev–Trinajstić information content (AvgIpc) is 3.19.